The van der Waals surface area contributed by atoms with Gasteiger partial charge in [0.1, 0.15) is 0 Å². The molecular formula is C30H38N6O. The van der Waals surface area contributed by atoms with Crippen LogP contribution >= 0.6 is 0 Å². The van der Waals surface area contributed by atoms with Gasteiger partial charge in [-0.1, -0.05) is 25.0 Å². The molecule has 7 nitrogen and oxygen atoms in total. The second-order valence-electron chi connectivity index (χ2n) is 10.6. The highest BCUT2D eigenvalue weighted by atomic mass is 16.1. The fraction of sp³-hybridized carbons (Fsp3) is 0.500. The number of anilines is 1. The number of amides is 1. The molecule has 1 aliphatic heterocycles. The predicted molar refractivity (Wildman–Crippen MR) is 146 cm³/mol. The highest BCUT2D eigenvalue weighted by molar-refractivity contribution is 5.75. The van der Waals surface area contributed by atoms with Crippen LogP contribution in [-0.4, -0.2) is 74.5 Å². The first-order valence-corrected chi connectivity index (χ1v) is 13.4. The normalized spacial score (nSPS) is 17.9. The topological polar surface area (TPSA) is 77.6 Å². The second-order valence-corrected chi connectivity index (χ2v) is 10.6. The summed E-state index contributed by atoms with van der Waals surface area (Å²) in [5.41, 5.74) is 4.52. The van der Waals surface area contributed by atoms with Crippen LogP contribution < -0.4 is 4.90 Å². The molecule has 4 rings (SSSR count). The Morgan fingerprint density at radius 1 is 0.973 bits per heavy atom. The lowest BCUT2D eigenvalue weighted by molar-refractivity contribution is -0.107. The van der Waals surface area contributed by atoms with Crippen LogP contribution in [0.5, 0.6) is 0 Å². The Labute approximate surface area is 221 Å². The van der Waals surface area contributed by atoms with Crippen LogP contribution in [0.25, 0.3) is 0 Å². The summed E-state index contributed by atoms with van der Waals surface area (Å²) in [6.45, 7) is 5.92. The predicted octanol–water partition coefficient (Wildman–Crippen LogP) is 4.00. The fourth-order valence-electron chi connectivity index (χ4n) is 5.80. The average Bonchev–Trinajstić information content (AvgIpc) is 3.45. The van der Waals surface area contributed by atoms with E-state index in [0.29, 0.717) is 36.2 Å². The van der Waals surface area contributed by atoms with E-state index in [2.05, 4.69) is 39.0 Å². The molecule has 2 aromatic carbocycles. The summed E-state index contributed by atoms with van der Waals surface area (Å²) in [6.07, 6.45) is 6.02. The Balaban J connectivity index is 1.44. The molecule has 1 aliphatic carbocycles. The zero-order valence-corrected chi connectivity index (χ0v) is 22.1. The number of benzene rings is 2. The van der Waals surface area contributed by atoms with Gasteiger partial charge in [0.15, 0.2) is 0 Å². The highest BCUT2D eigenvalue weighted by Crippen LogP contribution is 2.40. The zero-order chi connectivity index (χ0) is 26.2. The van der Waals surface area contributed by atoms with Crippen molar-refractivity contribution in [1.29, 1.82) is 10.5 Å². The van der Waals surface area contributed by atoms with Crippen LogP contribution in [0.3, 0.4) is 0 Å². The average molecular weight is 499 g/mol. The third-order valence-corrected chi connectivity index (χ3v) is 7.88. The number of likely N-dealkylation sites (N-methyl/N-ethyl adjacent to an activating group) is 1. The minimum Gasteiger partial charge on any atom is -0.314 e. The second kappa shape index (κ2) is 12.8. The Hall–Kier alpha value is -3.23. The summed E-state index contributed by atoms with van der Waals surface area (Å²) in [5.74, 6) is 0.665. The molecule has 37 heavy (non-hydrogen) atoms. The summed E-state index contributed by atoms with van der Waals surface area (Å²) in [6, 6.07) is 18.9. The number of hydrogen-bond donors (Lipinski definition) is 0. The number of rotatable bonds is 10. The molecule has 2 fully saturated rings. The van der Waals surface area contributed by atoms with Crippen molar-refractivity contribution in [3.8, 4) is 12.1 Å². The molecule has 2 aromatic rings. The molecule has 1 saturated carbocycles. The molecule has 1 heterocycles. The van der Waals surface area contributed by atoms with Crippen molar-refractivity contribution in [2.45, 2.75) is 38.3 Å². The third kappa shape index (κ3) is 6.76. The van der Waals surface area contributed by atoms with Gasteiger partial charge in [0.2, 0.25) is 6.41 Å². The number of piperazine rings is 1. The Morgan fingerprint density at radius 3 is 2.27 bits per heavy atom. The lowest BCUT2D eigenvalue weighted by Crippen LogP contribution is -2.48. The molecule has 1 saturated heterocycles. The van der Waals surface area contributed by atoms with Gasteiger partial charge in [-0.15, -0.1) is 0 Å². The van der Waals surface area contributed by atoms with E-state index in [0.717, 1.165) is 50.4 Å². The molecule has 0 spiro atoms. The van der Waals surface area contributed by atoms with Crippen LogP contribution in [0.15, 0.2) is 42.5 Å². The summed E-state index contributed by atoms with van der Waals surface area (Å²) in [5, 5.41) is 18.9. The minimum absolute atomic E-state index is 0.397. The van der Waals surface area contributed by atoms with E-state index < -0.39 is 0 Å². The van der Waals surface area contributed by atoms with Crippen LogP contribution in [0.1, 0.15) is 54.0 Å². The number of nitriles is 2. The summed E-state index contributed by atoms with van der Waals surface area (Å²) in [7, 11) is 3.98. The SMILES string of the molecule is CN(C)CCN(C=O)c1ccc(C#N)c(CN2CCN(C(c3ccc(C#N)cc3)C3CCCC3)CC2)c1. The van der Waals surface area contributed by atoms with Gasteiger partial charge in [0, 0.05) is 57.5 Å². The van der Waals surface area contributed by atoms with E-state index >= 15 is 0 Å². The van der Waals surface area contributed by atoms with Gasteiger partial charge in [-0.05, 0) is 74.3 Å². The maximum absolute atomic E-state index is 11.7. The summed E-state index contributed by atoms with van der Waals surface area (Å²) >= 11 is 0. The smallest absolute Gasteiger partial charge is 0.214 e. The van der Waals surface area contributed by atoms with Crippen LogP contribution in [0.2, 0.25) is 0 Å². The van der Waals surface area contributed by atoms with Gasteiger partial charge in [-0.25, -0.2) is 0 Å². The quantitative estimate of drug-likeness (QED) is 0.461. The molecule has 1 atom stereocenters. The van der Waals surface area contributed by atoms with Gasteiger partial charge in [-0.3, -0.25) is 14.6 Å². The standard InChI is InChI=1S/C30H38N6O/c1-33(2)13-16-36(23-37)29-12-11-27(21-32)28(19-29)22-34-14-17-35(18-15-34)30(25-5-3-4-6-25)26-9-7-24(20-31)8-10-26/h7-12,19,23,25,30H,3-6,13-18,22H2,1-2H3. The largest absolute Gasteiger partial charge is 0.314 e. The molecule has 0 bridgehead atoms. The van der Waals surface area contributed by atoms with E-state index in [1.54, 1.807) is 4.90 Å². The van der Waals surface area contributed by atoms with E-state index in [4.69, 9.17) is 0 Å². The van der Waals surface area contributed by atoms with Gasteiger partial charge < -0.3 is 9.80 Å². The van der Waals surface area contributed by atoms with Crippen molar-refractivity contribution < 1.29 is 4.79 Å². The monoisotopic (exact) mass is 498 g/mol. The van der Waals surface area contributed by atoms with Crippen LogP contribution in [-0.2, 0) is 11.3 Å². The van der Waals surface area contributed by atoms with Crippen molar-refractivity contribution in [3.63, 3.8) is 0 Å². The van der Waals surface area contributed by atoms with Crippen molar-refractivity contribution in [3.05, 3.63) is 64.7 Å². The number of hydrogen-bond acceptors (Lipinski definition) is 6. The highest BCUT2D eigenvalue weighted by Gasteiger charge is 2.33. The van der Waals surface area contributed by atoms with Crippen LogP contribution in [0.4, 0.5) is 5.69 Å². The van der Waals surface area contributed by atoms with Gasteiger partial charge >= 0.3 is 0 Å². The van der Waals surface area contributed by atoms with E-state index in [-0.39, 0.29) is 0 Å². The van der Waals surface area contributed by atoms with Crippen LogP contribution in [0, 0.1) is 28.6 Å². The Kier molecular flexibility index (Phi) is 9.30. The van der Waals surface area contributed by atoms with Crippen molar-refractivity contribution >= 4 is 12.1 Å². The lowest BCUT2D eigenvalue weighted by atomic mass is 9.89. The molecule has 0 aromatic heterocycles. The molecular weight excluding hydrogens is 460 g/mol. The first-order chi connectivity index (χ1) is 18.0. The van der Waals surface area contributed by atoms with E-state index in [9.17, 15) is 15.3 Å². The first-order valence-electron chi connectivity index (χ1n) is 13.4. The maximum atomic E-state index is 11.7. The third-order valence-electron chi connectivity index (χ3n) is 7.88. The summed E-state index contributed by atoms with van der Waals surface area (Å²) < 4.78 is 0. The van der Waals surface area contributed by atoms with Gasteiger partial charge in [0.25, 0.3) is 0 Å². The van der Waals surface area contributed by atoms with Crippen molar-refractivity contribution in [2.24, 2.45) is 5.92 Å². The number of carbonyl (C=O) groups excluding carboxylic acids is 1. The Bertz CT molecular complexity index is 1120. The van der Waals surface area contributed by atoms with Gasteiger partial charge in [0.05, 0.1) is 23.3 Å². The minimum atomic E-state index is 0.397. The van der Waals surface area contributed by atoms with Gasteiger partial charge in [-0.2, -0.15) is 10.5 Å². The molecule has 0 radical (unpaired) electrons. The zero-order valence-electron chi connectivity index (χ0n) is 22.1. The summed E-state index contributed by atoms with van der Waals surface area (Å²) in [4.78, 5) is 20.6. The molecule has 1 unspecified atom stereocenters. The maximum Gasteiger partial charge on any atom is 0.214 e. The molecule has 2 aliphatic rings. The lowest BCUT2D eigenvalue weighted by Gasteiger charge is -2.42. The van der Waals surface area contributed by atoms with E-state index in [1.807, 2.05) is 44.4 Å². The number of carbonyl (C=O) groups is 1. The fourth-order valence-corrected chi connectivity index (χ4v) is 5.80. The molecule has 0 N–H and O–H groups in total. The van der Waals surface area contributed by atoms with Crippen molar-refractivity contribution in [1.82, 2.24) is 14.7 Å². The molecule has 194 valence electrons. The molecule has 7 heteroatoms. The Morgan fingerprint density at radius 2 is 1.68 bits per heavy atom. The number of nitrogens with zero attached hydrogens (tertiary/aromatic N) is 6. The molecule has 1 amide bonds. The van der Waals surface area contributed by atoms with Crippen molar-refractivity contribution in [2.75, 3.05) is 58.3 Å². The van der Waals surface area contributed by atoms with E-state index in [1.165, 1.54) is 31.2 Å². The first kappa shape index (κ1) is 26.8.